The summed E-state index contributed by atoms with van der Waals surface area (Å²) >= 11 is 0. The van der Waals surface area contributed by atoms with Crippen LogP contribution in [0, 0.1) is 5.41 Å². The second kappa shape index (κ2) is 11.1. The smallest absolute Gasteiger partial charge is 0.303 e. The molecule has 2 fully saturated rings. The van der Waals surface area contributed by atoms with Crippen LogP contribution in [0.1, 0.15) is 54.4 Å². The van der Waals surface area contributed by atoms with E-state index in [1.54, 1.807) is 6.92 Å². The van der Waals surface area contributed by atoms with Gasteiger partial charge in [0.2, 0.25) is 0 Å². The topological polar surface area (TPSA) is 144 Å². The number of ketones is 2. The van der Waals surface area contributed by atoms with Crippen LogP contribution in [0.2, 0.25) is 0 Å². The maximum atomic E-state index is 12.7. The lowest BCUT2D eigenvalue weighted by Crippen LogP contribution is -2.65. The number of esters is 3. The summed E-state index contributed by atoms with van der Waals surface area (Å²) in [6, 6.07) is -0.963. The average molecular weight is 484 g/mol. The zero-order valence-electron chi connectivity index (χ0n) is 20.6. The second-order valence-electron chi connectivity index (χ2n) is 9.26. The first kappa shape index (κ1) is 27.5. The minimum absolute atomic E-state index is 0.0295. The van der Waals surface area contributed by atoms with Crippen molar-refractivity contribution in [2.24, 2.45) is 5.41 Å². The predicted octanol–water partition coefficient (Wildman–Crippen LogP) is 0.975. The molecule has 0 aromatic rings. The number of carbonyl (C=O) groups excluding carboxylic acids is 5. The van der Waals surface area contributed by atoms with E-state index in [1.165, 1.54) is 27.9 Å². The van der Waals surface area contributed by atoms with Gasteiger partial charge in [-0.2, -0.15) is 0 Å². The number of allylic oxidation sites excluding steroid dienone is 2. The SMILES string of the molecule is CO[C@H]1O[C@H](COC(C)=O)[C@@H](OC(C)=O)[C@H](OC(C)=O)[C@H]1NC(C)=C1C(=O)CC(C)(C)CC1=O. The van der Waals surface area contributed by atoms with Crippen molar-refractivity contribution in [1.29, 1.82) is 0 Å². The molecule has 1 saturated carbocycles. The molecule has 1 aliphatic carbocycles. The highest BCUT2D eigenvalue weighted by Gasteiger charge is 2.51. The fraction of sp³-hybridized carbons (Fsp3) is 0.696. The molecule has 1 aliphatic heterocycles. The fourth-order valence-corrected chi connectivity index (χ4v) is 4.26. The van der Waals surface area contributed by atoms with Gasteiger partial charge in [0.1, 0.15) is 18.8 Å². The highest BCUT2D eigenvalue weighted by molar-refractivity contribution is 6.22. The molecule has 1 heterocycles. The van der Waals surface area contributed by atoms with E-state index in [1.807, 2.05) is 13.8 Å². The highest BCUT2D eigenvalue weighted by atomic mass is 16.7. The lowest BCUT2D eigenvalue weighted by Gasteiger charge is -2.45. The van der Waals surface area contributed by atoms with Crippen LogP contribution in [0.15, 0.2) is 11.3 Å². The first-order valence-electron chi connectivity index (χ1n) is 11.0. The molecule has 11 heteroatoms. The zero-order valence-corrected chi connectivity index (χ0v) is 20.6. The van der Waals surface area contributed by atoms with Crippen molar-refractivity contribution in [3.63, 3.8) is 0 Å². The summed E-state index contributed by atoms with van der Waals surface area (Å²) in [5.41, 5.74) is -0.147. The van der Waals surface area contributed by atoms with Gasteiger partial charge >= 0.3 is 17.9 Å². The Hall–Kier alpha value is -2.79. The highest BCUT2D eigenvalue weighted by Crippen LogP contribution is 2.35. The van der Waals surface area contributed by atoms with Crippen molar-refractivity contribution >= 4 is 29.5 Å². The monoisotopic (exact) mass is 483 g/mol. The molecule has 1 N–H and O–H groups in total. The molecule has 0 radical (unpaired) electrons. The number of nitrogens with one attached hydrogen (secondary N) is 1. The molecule has 0 aromatic carbocycles. The molecule has 11 nitrogen and oxygen atoms in total. The van der Waals surface area contributed by atoms with Gasteiger partial charge in [-0.05, 0) is 12.3 Å². The van der Waals surface area contributed by atoms with Gasteiger partial charge in [-0.1, -0.05) is 13.8 Å². The molecule has 0 aromatic heterocycles. The molecule has 2 aliphatic rings. The zero-order chi connectivity index (χ0) is 25.8. The molecule has 1 saturated heterocycles. The van der Waals surface area contributed by atoms with E-state index in [2.05, 4.69) is 5.32 Å². The van der Waals surface area contributed by atoms with Gasteiger partial charge in [0.05, 0.1) is 5.57 Å². The second-order valence-corrected chi connectivity index (χ2v) is 9.26. The van der Waals surface area contributed by atoms with Gasteiger partial charge in [-0.3, -0.25) is 24.0 Å². The number of carbonyl (C=O) groups is 5. The van der Waals surface area contributed by atoms with Crippen molar-refractivity contribution < 1.29 is 47.7 Å². The molecule has 190 valence electrons. The van der Waals surface area contributed by atoms with Crippen molar-refractivity contribution in [3.8, 4) is 0 Å². The van der Waals surface area contributed by atoms with E-state index in [-0.39, 0.29) is 42.3 Å². The summed E-state index contributed by atoms with van der Waals surface area (Å²) in [6.07, 6.45) is -3.99. The Bertz CT molecular complexity index is 855. The Kier molecular flexibility index (Phi) is 8.96. The molecule has 5 atom stereocenters. The van der Waals surface area contributed by atoms with E-state index >= 15 is 0 Å². The fourth-order valence-electron chi connectivity index (χ4n) is 4.26. The molecule has 0 amide bonds. The Morgan fingerprint density at radius 3 is 1.94 bits per heavy atom. The van der Waals surface area contributed by atoms with Crippen molar-refractivity contribution in [3.05, 3.63) is 11.3 Å². The summed E-state index contributed by atoms with van der Waals surface area (Å²) in [6.45, 7) is 8.54. The third kappa shape index (κ3) is 6.86. The largest absolute Gasteiger partial charge is 0.463 e. The summed E-state index contributed by atoms with van der Waals surface area (Å²) in [7, 11) is 1.35. The Morgan fingerprint density at radius 1 is 0.941 bits per heavy atom. The number of hydrogen-bond donors (Lipinski definition) is 1. The van der Waals surface area contributed by atoms with Crippen LogP contribution in [0.25, 0.3) is 0 Å². The van der Waals surface area contributed by atoms with E-state index in [9.17, 15) is 24.0 Å². The van der Waals surface area contributed by atoms with Crippen LogP contribution in [0.4, 0.5) is 0 Å². The normalized spacial score (nSPS) is 28.7. The van der Waals surface area contributed by atoms with E-state index < -0.39 is 54.0 Å². The molecular weight excluding hydrogens is 450 g/mol. The maximum absolute atomic E-state index is 12.7. The molecule has 0 spiro atoms. The van der Waals surface area contributed by atoms with Crippen LogP contribution in [0.3, 0.4) is 0 Å². The quantitative estimate of drug-likeness (QED) is 0.239. The Morgan fingerprint density at radius 2 is 1.47 bits per heavy atom. The summed E-state index contributed by atoms with van der Waals surface area (Å²) < 4.78 is 27.2. The molecular formula is C23H33NO10. The van der Waals surface area contributed by atoms with E-state index in [0.29, 0.717) is 0 Å². The Labute approximate surface area is 198 Å². The first-order valence-corrected chi connectivity index (χ1v) is 11.0. The number of Topliss-reactive ketones (excluding diaryl/α,β-unsaturated/α-hetero) is 2. The summed E-state index contributed by atoms with van der Waals surface area (Å²) in [5, 5.41) is 3.03. The van der Waals surface area contributed by atoms with Crippen LogP contribution >= 0.6 is 0 Å². The standard InChI is InChI=1S/C23H33NO10/c1-11(18-15(28)8-23(5,6)9-16(18)29)24-19-21(33-14(4)27)20(32-13(3)26)17(10-31-12(2)25)34-22(19)30-7/h17,19-22,24H,8-10H2,1-7H3/t17-,19-,20-,21-,22+/m1/s1. The third-order valence-corrected chi connectivity index (χ3v) is 5.53. The van der Waals surface area contributed by atoms with Crippen molar-refractivity contribution in [2.45, 2.75) is 85.0 Å². The minimum Gasteiger partial charge on any atom is -0.463 e. The van der Waals surface area contributed by atoms with Gasteiger partial charge in [-0.25, -0.2) is 0 Å². The lowest BCUT2D eigenvalue weighted by atomic mass is 9.73. The summed E-state index contributed by atoms with van der Waals surface area (Å²) in [4.78, 5) is 60.6. The first-order chi connectivity index (χ1) is 15.8. The van der Waals surface area contributed by atoms with Gasteiger partial charge < -0.3 is 29.0 Å². The number of methoxy groups -OCH3 is 1. The molecule has 34 heavy (non-hydrogen) atoms. The predicted molar refractivity (Wildman–Crippen MR) is 116 cm³/mol. The van der Waals surface area contributed by atoms with Gasteiger partial charge in [0.25, 0.3) is 0 Å². The number of rotatable bonds is 7. The third-order valence-electron chi connectivity index (χ3n) is 5.53. The number of hydrogen-bond acceptors (Lipinski definition) is 11. The molecule has 0 unspecified atom stereocenters. The van der Waals surface area contributed by atoms with Gasteiger partial charge in [0.15, 0.2) is 30.1 Å². The molecule has 0 bridgehead atoms. The van der Waals surface area contributed by atoms with Crippen molar-refractivity contribution in [1.82, 2.24) is 5.32 Å². The number of ether oxygens (including phenoxy) is 5. The van der Waals surface area contributed by atoms with Crippen molar-refractivity contribution in [2.75, 3.05) is 13.7 Å². The van der Waals surface area contributed by atoms with Gasteiger partial charge in [0, 0.05) is 46.4 Å². The Balaban J connectivity index is 2.45. The van der Waals surface area contributed by atoms with Crippen LogP contribution < -0.4 is 5.32 Å². The van der Waals surface area contributed by atoms with Crippen LogP contribution in [-0.4, -0.2) is 73.8 Å². The average Bonchev–Trinajstić information content (AvgIpc) is 2.67. The maximum Gasteiger partial charge on any atom is 0.303 e. The molecule has 2 rings (SSSR count). The summed E-state index contributed by atoms with van der Waals surface area (Å²) in [5.74, 6) is -2.53. The van der Waals surface area contributed by atoms with E-state index in [4.69, 9.17) is 23.7 Å². The minimum atomic E-state index is -1.17. The van der Waals surface area contributed by atoms with Gasteiger partial charge in [-0.15, -0.1) is 0 Å². The van der Waals surface area contributed by atoms with Crippen LogP contribution in [0.5, 0.6) is 0 Å². The van der Waals surface area contributed by atoms with Crippen LogP contribution in [-0.2, 0) is 47.7 Å². The lowest BCUT2D eigenvalue weighted by molar-refractivity contribution is -0.271. The van der Waals surface area contributed by atoms with E-state index in [0.717, 1.165) is 0 Å².